The molecule has 0 fully saturated rings. The highest BCUT2D eigenvalue weighted by Gasteiger charge is 2.19. The van der Waals surface area contributed by atoms with E-state index in [1.54, 1.807) is 6.92 Å². The Bertz CT molecular complexity index is 419. The number of nitrogens with one attached hydrogen (secondary N) is 1. The molecule has 0 saturated heterocycles. The van der Waals surface area contributed by atoms with Crippen LogP contribution in [0.3, 0.4) is 0 Å². The second-order valence-electron chi connectivity index (χ2n) is 5.93. The van der Waals surface area contributed by atoms with Crippen molar-refractivity contribution in [3.8, 4) is 5.75 Å². The lowest BCUT2D eigenvalue weighted by atomic mass is 10.1. The number of aliphatic hydroxyl groups is 1. The van der Waals surface area contributed by atoms with E-state index in [-0.39, 0.29) is 0 Å². The summed E-state index contributed by atoms with van der Waals surface area (Å²) in [6.07, 6.45) is 0.668. The van der Waals surface area contributed by atoms with Crippen molar-refractivity contribution in [3.05, 3.63) is 28.2 Å². The van der Waals surface area contributed by atoms with Gasteiger partial charge in [0, 0.05) is 6.54 Å². The Morgan fingerprint density at radius 1 is 1.40 bits per heavy atom. The average molecular weight is 344 g/mol. The second kappa shape index (κ2) is 8.01. The molecule has 114 valence electrons. The number of benzene rings is 1. The Morgan fingerprint density at radius 2 is 2.10 bits per heavy atom. The summed E-state index contributed by atoms with van der Waals surface area (Å²) >= 11 is 3.52. The van der Waals surface area contributed by atoms with E-state index in [2.05, 4.69) is 41.2 Å². The van der Waals surface area contributed by atoms with Gasteiger partial charge in [0.15, 0.2) is 0 Å². The van der Waals surface area contributed by atoms with E-state index in [0.29, 0.717) is 18.9 Å². The molecular weight excluding hydrogens is 318 g/mol. The number of halogens is 1. The van der Waals surface area contributed by atoms with Crippen molar-refractivity contribution in [1.29, 1.82) is 0 Å². The van der Waals surface area contributed by atoms with Gasteiger partial charge in [-0.05, 0) is 59.4 Å². The lowest BCUT2D eigenvalue weighted by Crippen LogP contribution is -2.31. The third-order valence-electron chi connectivity index (χ3n) is 3.18. The van der Waals surface area contributed by atoms with Gasteiger partial charge in [0.05, 0.1) is 10.1 Å². The molecule has 0 bridgehead atoms. The highest BCUT2D eigenvalue weighted by Crippen LogP contribution is 2.27. The summed E-state index contributed by atoms with van der Waals surface area (Å²) in [5.41, 5.74) is 0.434. The van der Waals surface area contributed by atoms with Gasteiger partial charge >= 0.3 is 0 Å². The van der Waals surface area contributed by atoms with E-state index in [0.717, 1.165) is 23.3 Å². The Labute approximate surface area is 130 Å². The zero-order valence-electron chi connectivity index (χ0n) is 12.9. The van der Waals surface area contributed by atoms with Crippen LogP contribution >= 0.6 is 15.9 Å². The highest BCUT2D eigenvalue weighted by molar-refractivity contribution is 9.10. The van der Waals surface area contributed by atoms with Crippen LogP contribution in [-0.2, 0) is 6.54 Å². The topological polar surface area (TPSA) is 41.5 Å². The number of hydrogen-bond acceptors (Lipinski definition) is 3. The maximum absolute atomic E-state index is 9.95. The highest BCUT2D eigenvalue weighted by atomic mass is 79.9. The van der Waals surface area contributed by atoms with Crippen LogP contribution in [0.4, 0.5) is 0 Å². The molecule has 4 heteroatoms. The third-order valence-corrected chi connectivity index (χ3v) is 3.80. The largest absolute Gasteiger partial charge is 0.489 e. The minimum absolute atomic E-state index is 0.299. The predicted octanol–water partition coefficient (Wildman–Crippen LogP) is 3.73. The molecule has 1 atom stereocenters. The van der Waals surface area contributed by atoms with Gasteiger partial charge in [-0.1, -0.05) is 26.8 Å². The number of hydrogen-bond donors (Lipinski definition) is 2. The van der Waals surface area contributed by atoms with Gasteiger partial charge in [-0.15, -0.1) is 0 Å². The summed E-state index contributed by atoms with van der Waals surface area (Å²) in [5, 5.41) is 13.4. The number of ether oxygens (including phenoxy) is 1. The monoisotopic (exact) mass is 343 g/mol. The standard InChI is InChI=1S/C16H26BrNO2/c1-5-16(4,19)11-20-15-7-6-13(8-14(15)17)10-18-9-12(2)3/h6-8,12,18-19H,5,9-11H2,1-4H3. The molecule has 0 aliphatic carbocycles. The first kappa shape index (κ1) is 17.5. The first-order valence-electron chi connectivity index (χ1n) is 7.18. The summed E-state index contributed by atoms with van der Waals surface area (Å²) in [6, 6.07) is 6.06. The Kier molecular flexibility index (Phi) is 7.00. The van der Waals surface area contributed by atoms with Gasteiger partial charge < -0.3 is 15.2 Å². The van der Waals surface area contributed by atoms with Crippen LogP contribution in [0.1, 0.15) is 39.7 Å². The smallest absolute Gasteiger partial charge is 0.133 e. The fourth-order valence-electron chi connectivity index (χ4n) is 1.61. The molecular formula is C16H26BrNO2. The van der Waals surface area contributed by atoms with Crippen molar-refractivity contribution in [2.24, 2.45) is 5.92 Å². The van der Waals surface area contributed by atoms with Crippen molar-refractivity contribution >= 4 is 15.9 Å². The van der Waals surface area contributed by atoms with Crippen molar-refractivity contribution in [1.82, 2.24) is 5.32 Å². The van der Waals surface area contributed by atoms with Gasteiger partial charge in [-0.3, -0.25) is 0 Å². The van der Waals surface area contributed by atoms with Gasteiger partial charge in [-0.25, -0.2) is 0 Å². The van der Waals surface area contributed by atoms with Gasteiger partial charge in [0.2, 0.25) is 0 Å². The van der Waals surface area contributed by atoms with Crippen LogP contribution in [0.5, 0.6) is 5.75 Å². The first-order valence-corrected chi connectivity index (χ1v) is 7.97. The molecule has 0 aromatic heterocycles. The average Bonchev–Trinajstić information content (AvgIpc) is 2.37. The van der Waals surface area contributed by atoms with Crippen LogP contribution in [0.15, 0.2) is 22.7 Å². The lowest BCUT2D eigenvalue weighted by Gasteiger charge is -2.22. The molecule has 0 saturated carbocycles. The van der Waals surface area contributed by atoms with Crippen LogP contribution < -0.4 is 10.1 Å². The molecule has 3 nitrogen and oxygen atoms in total. The SMILES string of the molecule is CCC(C)(O)COc1ccc(CNCC(C)C)cc1Br. The summed E-state index contributed by atoms with van der Waals surface area (Å²) in [5.74, 6) is 1.42. The van der Waals surface area contributed by atoms with E-state index < -0.39 is 5.60 Å². The molecule has 0 aliphatic heterocycles. The van der Waals surface area contributed by atoms with E-state index >= 15 is 0 Å². The third kappa shape index (κ3) is 6.25. The summed E-state index contributed by atoms with van der Waals surface area (Å²) in [6.45, 7) is 10.3. The van der Waals surface area contributed by atoms with E-state index in [4.69, 9.17) is 4.74 Å². The van der Waals surface area contributed by atoms with Crippen molar-refractivity contribution in [3.63, 3.8) is 0 Å². The number of rotatable bonds is 8. The zero-order chi connectivity index (χ0) is 15.2. The molecule has 1 aromatic carbocycles. The zero-order valence-corrected chi connectivity index (χ0v) is 14.5. The van der Waals surface area contributed by atoms with Crippen LogP contribution in [0.25, 0.3) is 0 Å². The van der Waals surface area contributed by atoms with Gasteiger partial charge in [0.1, 0.15) is 12.4 Å². The first-order chi connectivity index (χ1) is 9.34. The maximum atomic E-state index is 9.95. The Balaban J connectivity index is 2.55. The van der Waals surface area contributed by atoms with E-state index in [9.17, 15) is 5.11 Å². The molecule has 0 heterocycles. The predicted molar refractivity (Wildman–Crippen MR) is 87.1 cm³/mol. The second-order valence-corrected chi connectivity index (χ2v) is 6.78. The fraction of sp³-hybridized carbons (Fsp3) is 0.625. The molecule has 0 spiro atoms. The van der Waals surface area contributed by atoms with Gasteiger partial charge in [0.25, 0.3) is 0 Å². The Morgan fingerprint density at radius 3 is 2.65 bits per heavy atom. The summed E-state index contributed by atoms with van der Waals surface area (Å²) < 4.78 is 6.60. The summed E-state index contributed by atoms with van der Waals surface area (Å²) in [4.78, 5) is 0. The molecule has 1 unspecified atom stereocenters. The Hall–Kier alpha value is -0.580. The fourth-order valence-corrected chi connectivity index (χ4v) is 2.15. The molecule has 0 radical (unpaired) electrons. The maximum Gasteiger partial charge on any atom is 0.133 e. The van der Waals surface area contributed by atoms with Crippen LogP contribution in [0, 0.1) is 5.92 Å². The molecule has 0 amide bonds. The van der Waals surface area contributed by atoms with Crippen molar-refractivity contribution in [2.75, 3.05) is 13.2 Å². The summed E-state index contributed by atoms with van der Waals surface area (Å²) in [7, 11) is 0. The van der Waals surface area contributed by atoms with Crippen molar-refractivity contribution in [2.45, 2.75) is 46.3 Å². The van der Waals surface area contributed by atoms with Crippen LogP contribution in [-0.4, -0.2) is 23.9 Å². The molecule has 0 aliphatic rings. The minimum Gasteiger partial charge on any atom is -0.489 e. The lowest BCUT2D eigenvalue weighted by molar-refractivity contribution is 0.00823. The van der Waals surface area contributed by atoms with Gasteiger partial charge in [-0.2, -0.15) is 0 Å². The molecule has 20 heavy (non-hydrogen) atoms. The molecule has 2 N–H and O–H groups in total. The molecule has 1 rings (SSSR count). The minimum atomic E-state index is -0.781. The quantitative estimate of drug-likeness (QED) is 0.755. The van der Waals surface area contributed by atoms with Crippen LogP contribution in [0.2, 0.25) is 0 Å². The normalized spacial score (nSPS) is 14.3. The van der Waals surface area contributed by atoms with E-state index in [1.807, 2.05) is 19.1 Å². The molecule has 1 aromatic rings. The van der Waals surface area contributed by atoms with E-state index in [1.165, 1.54) is 5.56 Å². The van der Waals surface area contributed by atoms with Crippen molar-refractivity contribution < 1.29 is 9.84 Å².